The first-order chi connectivity index (χ1) is 9.24. The Balaban J connectivity index is 2.16. The average Bonchev–Trinajstić information content (AvgIpc) is 2.34. The van der Waals surface area contributed by atoms with Gasteiger partial charge in [0.2, 0.25) is 0 Å². The Labute approximate surface area is 117 Å². The fraction of sp³-hybridized carbons (Fsp3) is 0.688. The van der Waals surface area contributed by atoms with E-state index < -0.39 is 0 Å². The summed E-state index contributed by atoms with van der Waals surface area (Å²) in [5.74, 6) is 1.16. The minimum Gasteiger partial charge on any atom is -0.357 e. The molecule has 1 aromatic rings. The van der Waals surface area contributed by atoms with Crippen molar-refractivity contribution in [2.45, 2.75) is 58.5 Å². The predicted molar refractivity (Wildman–Crippen MR) is 81.7 cm³/mol. The maximum absolute atomic E-state index is 4.83. The van der Waals surface area contributed by atoms with E-state index in [0.717, 1.165) is 31.7 Å². The third kappa shape index (κ3) is 3.69. The Morgan fingerprint density at radius 1 is 1.32 bits per heavy atom. The van der Waals surface area contributed by atoms with E-state index in [1.54, 1.807) is 0 Å². The number of hydrogen-bond donors (Lipinski definition) is 1. The van der Waals surface area contributed by atoms with Crippen molar-refractivity contribution < 1.29 is 0 Å². The summed E-state index contributed by atoms with van der Waals surface area (Å²) in [5, 5.41) is 3.41. The molecule has 1 aliphatic carbocycles. The monoisotopic (exact) mass is 261 g/mol. The summed E-state index contributed by atoms with van der Waals surface area (Å²) in [6.07, 6.45) is 6.24. The first-order valence-corrected chi connectivity index (χ1v) is 7.68. The molecule has 106 valence electrons. The standard InChI is InChI=1S/C16H27N3/c1-4-7-14-10-13(12-17-5-2)11-16(18-14)19(3)15-8-6-9-15/h10-11,15,17H,4-9,12H2,1-3H3. The van der Waals surface area contributed by atoms with E-state index in [9.17, 15) is 0 Å². The van der Waals surface area contributed by atoms with Crippen LogP contribution >= 0.6 is 0 Å². The number of rotatable bonds is 7. The van der Waals surface area contributed by atoms with Gasteiger partial charge in [-0.3, -0.25) is 0 Å². The zero-order valence-corrected chi connectivity index (χ0v) is 12.6. The smallest absolute Gasteiger partial charge is 0.129 e. The number of nitrogens with zero attached hydrogens (tertiary/aromatic N) is 2. The largest absolute Gasteiger partial charge is 0.357 e. The molecule has 2 rings (SSSR count). The van der Waals surface area contributed by atoms with Crippen molar-refractivity contribution in [1.29, 1.82) is 0 Å². The molecule has 0 amide bonds. The van der Waals surface area contributed by atoms with Crippen LogP contribution in [0.3, 0.4) is 0 Å². The summed E-state index contributed by atoms with van der Waals surface area (Å²) in [7, 11) is 2.19. The molecular formula is C16H27N3. The Bertz CT molecular complexity index is 399. The van der Waals surface area contributed by atoms with Crippen LogP contribution in [0.2, 0.25) is 0 Å². The highest BCUT2D eigenvalue weighted by molar-refractivity contribution is 5.43. The number of anilines is 1. The second kappa shape index (κ2) is 6.90. The second-order valence-electron chi connectivity index (χ2n) is 5.55. The van der Waals surface area contributed by atoms with Crippen LogP contribution in [0.15, 0.2) is 12.1 Å². The fourth-order valence-corrected chi connectivity index (χ4v) is 2.53. The molecule has 19 heavy (non-hydrogen) atoms. The van der Waals surface area contributed by atoms with E-state index in [1.807, 2.05) is 0 Å². The van der Waals surface area contributed by atoms with Crippen molar-refractivity contribution in [3.63, 3.8) is 0 Å². The summed E-state index contributed by atoms with van der Waals surface area (Å²) in [6.45, 7) is 6.32. The summed E-state index contributed by atoms with van der Waals surface area (Å²) < 4.78 is 0. The highest BCUT2D eigenvalue weighted by Gasteiger charge is 2.23. The molecule has 0 spiro atoms. The predicted octanol–water partition coefficient (Wildman–Crippen LogP) is 3.13. The van der Waals surface area contributed by atoms with E-state index in [2.05, 4.69) is 43.2 Å². The SMILES string of the molecule is CCCc1cc(CNCC)cc(N(C)C2CCC2)n1. The van der Waals surface area contributed by atoms with Gasteiger partial charge < -0.3 is 10.2 Å². The summed E-state index contributed by atoms with van der Waals surface area (Å²) in [5.41, 5.74) is 2.60. The Morgan fingerprint density at radius 3 is 2.68 bits per heavy atom. The first-order valence-electron chi connectivity index (χ1n) is 7.68. The maximum Gasteiger partial charge on any atom is 0.129 e. The van der Waals surface area contributed by atoms with Gasteiger partial charge in [-0.15, -0.1) is 0 Å². The topological polar surface area (TPSA) is 28.2 Å². The lowest BCUT2D eigenvalue weighted by molar-refractivity contribution is 0.399. The molecule has 0 bridgehead atoms. The molecule has 3 heteroatoms. The van der Waals surface area contributed by atoms with Gasteiger partial charge in [0.15, 0.2) is 0 Å². The second-order valence-corrected chi connectivity index (χ2v) is 5.55. The summed E-state index contributed by atoms with van der Waals surface area (Å²) >= 11 is 0. The molecular weight excluding hydrogens is 234 g/mol. The Kier molecular flexibility index (Phi) is 5.20. The van der Waals surface area contributed by atoms with Crippen molar-refractivity contribution >= 4 is 5.82 Å². The van der Waals surface area contributed by atoms with E-state index in [4.69, 9.17) is 4.98 Å². The Morgan fingerprint density at radius 2 is 2.11 bits per heavy atom. The summed E-state index contributed by atoms with van der Waals surface area (Å²) in [4.78, 5) is 7.21. The number of aryl methyl sites for hydroxylation is 1. The van der Waals surface area contributed by atoms with Crippen molar-refractivity contribution in [2.24, 2.45) is 0 Å². The van der Waals surface area contributed by atoms with Gasteiger partial charge in [0.25, 0.3) is 0 Å². The van der Waals surface area contributed by atoms with Crippen LogP contribution in [0, 0.1) is 0 Å². The van der Waals surface area contributed by atoms with Crippen LogP contribution in [0.1, 0.15) is 50.8 Å². The van der Waals surface area contributed by atoms with Crippen molar-refractivity contribution in [1.82, 2.24) is 10.3 Å². The van der Waals surface area contributed by atoms with Crippen LogP contribution < -0.4 is 10.2 Å². The van der Waals surface area contributed by atoms with Gasteiger partial charge in [0.1, 0.15) is 5.82 Å². The minimum absolute atomic E-state index is 0.705. The Hall–Kier alpha value is -1.09. The molecule has 1 N–H and O–H groups in total. The van der Waals surface area contributed by atoms with Crippen LogP contribution in [-0.4, -0.2) is 24.6 Å². The lowest BCUT2D eigenvalue weighted by Gasteiger charge is -2.36. The number of hydrogen-bond acceptors (Lipinski definition) is 3. The van der Waals surface area contributed by atoms with Gasteiger partial charge >= 0.3 is 0 Å². The quantitative estimate of drug-likeness (QED) is 0.817. The van der Waals surface area contributed by atoms with Crippen molar-refractivity contribution in [3.05, 3.63) is 23.4 Å². The molecule has 1 fully saturated rings. The zero-order chi connectivity index (χ0) is 13.7. The zero-order valence-electron chi connectivity index (χ0n) is 12.6. The van der Waals surface area contributed by atoms with Crippen molar-refractivity contribution in [3.8, 4) is 0 Å². The lowest BCUT2D eigenvalue weighted by atomic mass is 9.92. The van der Waals surface area contributed by atoms with E-state index >= 15 is 0 Å². The first kappa shape index (κ1) is 14.3. The molecule has 0 radical (unpaired) electrons. The van der Waals surface area contributed by atoms with Gasteiger partial charge in [-0.2, -0.15) is 0 Å². The van der Waals surface area contributed by atoms with Gasteiger partial charge in [0.05, 0.1) is 0 Å². The normalized spacial score (nSPS) is 15.3. The summed E-state index contributed by atoms with van der Waals surface area (Å²) in [6, 6.07) is 5.21. The number of aromatic nitrogens is 1. The third-order valence-electron chi connectivity index (χ3n) is 3.99. The molecule has 0 aromatic carbocycles. The molecule has 0 atom stereocenters. The molecule has 0 aliphatic heterocycles. The van der Waals surface area contributed by atoms with Crippen LogP contribution in [0.25, 0.3) is 0 Å². The van der Waals surface area contributed by atoms with Gasteiger partial charge in [-0.25, -0.2) is 4.98 Å². The highest BCUT2D eigenvalue weighted by Crippen LogP contribution is 2.28. The van der Waals surface area contributed by atoms with E-state index in [0.29, 0.717) is 6.04 Å². The lowest BCUT2D eigenvalue weighted by Crippen LogP contribution is -2.37. The van der Waals surface area contributed by atoms with Crippen LogP contribution in [-0.2, 0) is 13.0 Å². The molecule has 0 saturated heterocycles. The highest BCUT2D eigenvalue weighted by atomic mass is 15.2. The average molecular weight is 261 g/mol. The van der Waals surface area contributed by atoms with Crippen LogP contribution in [0.5, 0.6) is 0 Å². The molecule has 1 heterocycles. The van der Waals surface area contributed by atoms with E-state index in [1.165, 1.54) is 30.5 Å². The fourth-order valence-electron chi connectivity index (χ4n) is 2.53. The molecule has 1 aliphatic rings. The van der Waals surface area contributed by atoms with Gasteiger partial charge in [-0.1, -0.05) is 20.3 Å². The molecule has 3 nitrogen and oxygen atoms in total. The number of pyridine rings is 1. The van der Waals surface area contributed by atoms with Crippen LogP contribution in [0.4, 0.5) is 5.82 Å². The molecule has 0 unspecified atom stereocenters. The third-order valence-corrected chi connectivity index (χ3v) is 3.99. The molecule has 1 aromatic heterocycles. The van der Waals surface area contributed by atoms with Gasteiger partial charge in [0, 0.05) is 25.3 Å². The number of nitrogens with one attached hydrogen (secondary N) is 1. The molecule has 1 saturated carbocycles. The van der Waals surface area contributed by atoms with Crippen molar-refractivity contribution in [2.75, 3.05) is 18.5 Å². The minimum atomic E-state index is 0.705. The maximum atomic E-state index is 4.83. The van der Waals surface area contributed by atoms with Gasteiger partial charge in [-0.05, 0) is 49.9 Å². The van der Waals surface area contributed by atoms with E-state index in [-0.39, 0.29) is 0 Å².